The van der Waals surface area contributed by atoms with Gasteiger partial charge in [-0.05, 0) is 12.0 Å². The number of aryl methyl sites for hydroxylation is 1. The second-order valence-corrected chi connectivity index (χ2v) is 6.17. The summed E-state index contributed by atoms with van der Waals surface area (Å²) in [5, 5.41) is 29.5. The zero-order valence-electron chi connectivity index (χ0n) is 13.8. The zero-order valence-corrected chi connectivity index (χ0v) is 13.8. The molecule has 1 saturated heterocycles. The molecule has 1 aliphatic heterocycles. The van der Waals surface area contributed by atoms with Gasteiger partial charge in [-0.3, -0.25) is 9.59 Å². The first-order valence-electron chi connectivity index (χ1n) is 8.18. The Labute approximate surface area is 144 Å². The minimum atomic E-state index is -1.05. The van der Waals surface area contributed by atoms with Crippen LogP contribution in [0.15, 0.2) is 30.5 Å². The molecule has 0 aliphatic carbocycles. The molecule has 0 amide bonds. The summed E-state index contributed by atoms with van der Waals surface area (Å²) in [6, 6.07) is 6.68. The Kier molecular flexibility index (Phi) is 4.80. The summed E-state index contributed by atoms with van der Waals surface area (Å²) in [5.41, 5.74) is 2.87. The van der Waals surface area contributed by atoms with Gasteiger partial charge in [0.2, 0.25) is 0 Å². The van der Waals surface area contributed by atoms with Crippen molar-refractivity contribution in [2.75, 3.05) is 6.54 Å². The molecule has 0 spiro atoms. The van der Waals surface area contributed by atoms with E-state index in [0.717, 1.165) is 17.7 Å². The summed E-state index contributed by atoms with van der Waals surface area (Å²) >= 11 is 0. The van der Waals surface area contributed by atoms with E-state index in [9.17, 15) is 14.7 Å². The van der Waals surface area contributed by atoms with E-state index in [2.05, 4.69) is 22.6 Å². The van der Waals surface area contributed by atoms with Crippen LogP contribution in [0, 0.1) is 5.92 Å². The predicted molar refractivity (Wildman–Crippen MR) is 89.0 cm³/mol. The molecule has 3 N–H and O–H groups in total. The van der Waals surface area contributed by atoms with Gasteiger partial charge in [0.1, 0.15) is 6.04 Å². The van der Waals surface area contributed by atoms with E-state index in [1.165, 1.54) is 5.56 Å². The molecule has 8 nitrogen and oxygen atoms in total. The molecular weight excluding hydrogens is 324 g/mol. The number of benzene rings is 1. The highest BCUT2D eigenvalue weighted by Crippen LogP contribution is 2.33. The van der Waals surface area contributed by atoms with Crippen molar-refractivity contribution in [3.8, 4) is 11.3 Å². The van der Waals surface area contributed by atoms with E-state index in [1.807, 2.05) is 24.3 Å². The summed E-state index contributed by atoms with van der Waals surface area (Å²) in [4.78, 5) is 22.6. The number of nitrogens with zero attached hydrogens (tertiary/aromatic N) is 3. The molecule has 2 heterocycles. The largest absolute Gasteiger partial charge is 0.481 e. The van der Waals surface area contributed by atoms with Crippen LogP contribution in [0.1, 0.15) is 24.9 Å². The first kappa shape index (κ1) is 17.1. The first-order valence-corrected chi connectivity index (χ1v) is 8.18. The summed E-state index contributed by atoms with van der Waals surface area (Å²) in [7, 11) is 0. The lowest BCUT2D eigenvalue weighted by molar-refractivity contribution is -0.142. The lowest BCUT2D eigenvalue weighted by atomic mass is 9.92. The van der Waals surface area contributed by atoms with E-state index >= 15 is 0 Å². The van der Waals surface area contributed by atoms with Crippen LogP contribution in [0.2, 0.25) is 0 Å². The van der Waals surface area contributed by atoms with Gasteiger partial charge in [-0.15, -0.1) is 5.10 Å². The van der Waals surface area contributed by atoms with E-state index in [-0.39, 0.29) is 12.5 Å². The molecule has 3 rings (SSSR count). The van der Waals surface area contributed by atoms with Gasteiger partial charge in [0, 0.05) is 18.0 Å². The van der Waals surface area contributed by atoms with E-state index < -0.39 is 23.9 Å². The van der Waals surface area contributed by atoms with Crippen LogP contribution in [0.25, 0.3) is 11.3 Å². The third-order valence-electron chi connectivity index (χ3n) is 4.69. The van der Waals surface area contributed by atoms with Gasteiger partial charge < -0.3 is 15.5 Å². The van der Waals surface area contributed by atoms with Crippen molar-refractivity contribution >= 4 is 11.9 Å². The Morgan fingerprint density at radius 3 is 2.60 bits per heavy atom. The van der Waals surface area contributed by atoms with E-state index in [1.54, 1.807) is 10.9 Å². The third kappa shape index (κ3) is 3.39. The smallest absolute Gasteiger partial charge is 0.321 e. The molecule has 1 aromatic carbocycles. The molecule has 1 aromatic heterocycles. The second-order valence-electron chi connectivity index (χ2n) is 6.17. The fraction of sp³-hybridized carbons (Fsp3) is 0.412. The molecule has 0 unspecified atom stereocenters. The Bertz CT molecular complexity index is 771. The molecule has 25 heavy (non-hydrogen) atoms. The topological polar surface area (TPSA) is 117 Å². The number of carboxylic acids is 2. The normalized spacial score (nSPS) is 22.8. The molecule has 0 saturated carbocycles. The van der Waals surface area contributed by atoms with E-state index in [0.29, 0.717) is 6.54 Å². The second kappa shape index (κ2) is 7.02. The van der Waals surface area contributed by atoms with Crippen LogP contribution < -0.4 is 5.32 Å². The van der Waals surface area contributed by atoms with Crippen LogP contribution >= 0.6 is 0 Å². The summed E-state index contributed by atoms with van der Waals surface area (Å²) in [6.45, 7) is 2.41. The van der Waals surface area contributed by atoms with Crippen molar-refractivity contribution < 1.29 is 19.8 Å². The maximum atomic E-state index is 11.4. The number of rotatable bonds is 6. The Hall–Kier alpha value is -2.74. The minimum absolute atomic E-state index is 0.247. The average molecular weight is 344 g/mol. The van der Waals surface area contributed by atoms with Crippen molar-refractivity contribution in [3.63, 3.8) is 0 Å². The molecule has 0 bridgehead atoms. The molecular formula is C17H20N4O4. The fourth-order valence-corrected chi connectivity index (χ4v) is 3.37. The van der Waals surface area contributed by atoms with Crippen LogP contribution in [0.3, 0.4) is 0 Å². The fourth-order valence-electron chi connectivity index (χ4n) is 3.37. The summed E-state index contributed by atoms with van der Waals surface area (Å²) in [6.07, 6.45) is 2.31. The number of carboxylic acid groups (broad SMARTS) is 2. The molecule has 3 atom stereocenters. The van der Waals surface area contributed by atoms with Crippen molar-refractivity contribution in [2.24, 2.45) is 5.92 Å². The zero-order chi connectivity index (χ0) is 18.0. The number of aromatic nitrogens is 3. The van der Waals surface area contributed by atoms with Gasteiger partial charge in [-0.25, -0.2) is 4.68 Å². The van der Waals surface area contributed by atoms with Gasteiger partial charge in [0.05, 0.1) is 24.4 Å². The third-order valence-corrected chi connectivity index (χ3v) is 4.69. The van der Waals surface area contributed by atoms with Crippen LogP contribution in [0.5, 0.6) is 0 Å². The number of hydrogen-bond donors (Lipinski definition) is 3. The maximum Gasteiger partial charge on any atom is 0.321 e. The number of aliphatic carboxylic acids is 2. The van der Waals surface area contributed by atoms with Crippen LogP contribution in [0.4, 0.5) is 0 Å². The molecule has 2 aromatic rings. The highest BCUT2D eigenvalue weighted by molar-refractivity contribution is 5.76. The van der Waals surface area contributed by atoms with Gasteiger partial charge >= 0.3 is 11.9 Å². The van der Waals surface area contributed by atoms with Crippen molar-refractivity contribution in [3.05, 3.63) is 36.0 Å². The maximum absolute atomic E-state index is 11.4. The molecule has 1 fully saturated rings. The van der Waals surface area contributed by atoms with Gasteiger partial charge in [0.15, 0.2) is 0 Å². The highest BCUT2D eigenvalue weighted by atomic mass is 16.4. The standard InChI is InChI=1S/C17H20N4O4/c1-2-10-3-5-11(6-4-10)13-9-19-20-21(13)14-8-18-16(17(24)25)12(14)7-15(22)23/h3-6,9,12,14,16,18H,2,7-8H2,1H3,(H,22,23)(H,24,25)/t12-,14-,16-/m0/s1. The minimum Gasteiger partial charge on any atom is -0.481 e. The quantitative estimate of drug-likeness (QED) is 0.720. The molecule has 8 heteroatoms. The lowest BCUT2D eigenvalue weighted by Crippen LogP contribution is -2.37. The predicted octanol–water partition coefficient (Wildman–Crippen LogP) is 1.20. The van der Waals surface area contributed by atoms with Gasteiger partial charge in [-0.1, -0.05) is 36.4 Å². The van der Waals surface area contributed by atoms with Crippen molar-refractivity contribution in [2.45, 2.75) is 31.8 Å². The van der Waals surface area contributed by atoms with Crippen molar-refractivity contribution in [1.29, 1.82) is 0 Å². The number of carbonyl (C=O) groups is 2. The highest BCUT2D eigenvalue weighted by Gasteiger charge is 2.43. The average Bonchev–Trinajstić information content (AvgIpc) is 3.21. The monoisotopic (exact) mass is 344 g/mol. The van der Waals surface area contributed by atoms with Gasteiger partial charge in [-0.2, -0.15) is 0 Å². The Morgan fingerprint density at radius 2 is 2.00 bits per heavy atom. The summed E-state index contributed by atoms with van der Waals surface area (Å²) in [5.74, 6) is -2.69. The number of nitrogens with one attached hydrogen (secondary N) is 1. The van der Waals surface area contributed by atoms with E-state index in [4.69, 9.17) is 5.11 Å². The first-order chi connectivity index (χ1) is 12.0. The molecule has 0 radical (unpaired) electrons. The molecule has 132 valence electrons. The van der Waals surface area contributed by atoms with Crippen LogP contribution in [-0.4, -0.2) is 49.7 Å². The Balaban J connectivity index is 1.94. The SMILES string of the molecule is CCc1ccc(-c2cnnn2[C@H]2CN[C@H](C(=O)O)[C@H]2CC(=O)O)cc1. The summed E-state index contributed by atoms with van der Waals surface area (Å²) < 4.78 is 1.64. The lowest BCUT2D eigenvalue weighted by Gasteiger charge is -2.21. The molecule has 1 aliphatic rings. The Morgan fingerprint density at radius 1 is 1.28 bits per heavy atom. The van der Waals surface area contributed by atoms with Gasteiger partial charge in [0.25, 0.3) is 0 Å². The number of hydrogen-bond acceptors (Lipinski definition) is 5. The van der Waals surface area contributed by atoms with Crippen LogP contribution in [-0.2, 0) is 16.0 Å². The van der Waals surface area contributed by atoms with Crippen molar-refractivity contribution in [1.82, 2.24) is 20.3 Å².